The summed E-state index contributed by atoms with van der Waals surface area (Å²) in [4.78, 5) is 22.5. The number of carbonyl (C=O) groups is 1. The summed E-state index contributed by atoms with van der Waals surface area (Å²) < 4.78 is 0. The van der Waals surface area contributed by atoms with Crippen LogP contribution in [0.1, 0.15) is 40.2 Å². The largest absolute Gasteiger partial charge is 0.333 e. The van der Waals surface area contributed by atoms with E-state index in [1.165, 1.54) is 18.4 Å². The fourth-order valence-corrected chi connectivity index (χ4v) is 5.42. The second-order valence-corrected chi connectivity index (χ2v) is 7.93. The van der Waals surface area contributed by atoms with Crippen molar-refractivity contribution >= 4 is 5.91 Å². The van der Waals surface area contributed by atoms with E-state index in [2.05, 4.69) is 26.8 Å². The molecular weight excluding hydrogens is 334 g/mol. The molecule has 4 nitrogen and oxygen atoms in total. The Kier molecular flexibility index (Phi) is 3.98. The number of rotatable bonds is 2. The van der Waals surface area contributed by atoms with Crippen molar-refractivity contribution < 1.29 is 4.79 Å². The number of terminal acetylenes is 1. The van der Waals surface area contributed by atoms with Gasteiger partial charge in [-0.2, -0.15) is 0 Å². The molecule has 0 spiro atoms. The van der Waals surface area contributed by atoms with Gasteiger partial charge in [0.15, 0.2) is 0 Å². The summed E-state index contributed by atoms with van der Waals surface area (Å²) in [6.07, 6.45) is 11.6. The van der Waals surface area contributed by atoms with E-state index in [1.807, 2.05) is 42.7 Å². The van der Waals surface area contributed by atoms with Gasteiger partial charge in [0.05, 0.1) is 6.04 Å². The zero-order chi connectivity index (χ0) is 18.4. The second-order valence-electron chi connectivity index (χ2n) is 7.93. The first-order valence-electron chi connectivity index (χ1n) is 9.78. The number of benzene rings is 1. The van der Waals surface area contributed by atoms with E-state index in [0.29, 0.717) is 23.9 Å². The van der Waals surface area contributed by atoms with E-state index in [9.17, 15) is 4.79 Å². The lowest BCUT2D eigenvalue weighted by Gasteiger charge is -2.51. The number of hydrogen-bond acceptors (Lipinski definition) is 3. The Labute approximate surface area is 160 Å². The molecule has 4 fully saturated rings. The van der Waals surface area contributed by atoms with Crippen LogP contribution in [-0.4, -0.2) is 52.4 Å². The van der Waals surface area contributed by atoms with Gasteiger partial charge >= 0.3 is 0 Å². The Bertz CT molecular complexity index is 878. The molecule has 2 aromatic rings. The minimum atomic E-state index is 0.133. The van der Waals surface area contributed by atoms with Gasteiger partial charge < -0.3 is 4.90 Å². The SMILES string of the molecule is C#Cc1ccc(C(=O)N2CC(c3cccnc3)C3C2C2CCN3CC2)cc1. The first-order valence-corrected chi connectivity index (χ1v) is 9.78. The van der Waals surface area contributed by atoms with Crippen LogP contribution in [0.15, 0.2) is 48.8 Å². The Balaban J connectivity index is 1.50. The third-order valence-corrected chi connectivity index (χ3v) is 6.67. The van der Waals surface area contributed by atoms with E-state index in [0.717, 1.165) is 30.8 Å². The quantitative estimate of drug-likeness (QED) is 0.776. The molecule has 0 radical (unpaired) electrons. The molecule has 1 aromatic carbocycles. The Morgan fingerprint density at radius 2 is 1.89 bits per heavy atom. The molecule has 5 heterocycles. The number of piperidine rings is 3. The molecule has 136 valence electrons. The van der Waals surface area contributed by atoms with Crippen molar-refractivity contribution in [2.45, 2.75) is 30.8 Å². The summed E-state index contributed by atoms with van der Waals surface area (Å²) >= 11 is 0. The fourth-order valence-electron chi connectivity index (χ4n) is 5.42. The Morgan fingerprint density at radius 1 is 1.11 bits per heavy atom. The van der Waals surface area contributed by atoms with Gasteiger partial charge in [0.2, 0.25) is 0 Å². The third-order valence-electron chi connectivity index (χ3n) is 6.67. The van der Waals surface area contributed by atoms with Crippen molar-refractivity contribution in [2.24, 2.45) is 5.92 Å². The molecule has 4 saturated heterocycles. The van der Waals surface area contributed by atoms with Crippen LogP contribution in [0.3, 0.4) is 0 Å². The van der Waals surface area contributed by atoms with Gasteiger partial charge in [-0.05, 0) is 67.7 Å². The number of likely N-dealkylation sites (tertiary alicyclic amines) is 1. The topological polar surface area (TPSA) is 36.4 Å². The van der Waals surface area contributed by atoms with E-state index >= 15 is 0 Å². The average molecular weight is 357 g/mol. The summed E-state index contributed by atoms with van der Waals surface area (Å²) in [5.74, 6) is 3.69. The number of hydrogen-bond donors (Lipinski definition) is 0. The Morgan fingerprint density at radius 3 is 2.56 bits per heavy atom. The van der Waals surface area contributed by atoms with Crippen LogP contribution in [0, 0.1) is 18.3 Å². The zero-order valence-corrected chi connectivity index (χ0v) is 15.3. The lowest BCUT2D eigenvalue weighted by molar-refractivity contribution is -0.00342. The highest BCUT2D eigenvalue weighted by Crippen LogP contribution is 2.46. The number of pyridine rings is 1. The first-order chi connectivity index (χ1) is 13.3. The van der Waals surface area contributed by atoms with Crippen molar-refractivity contribution in [3.05, 3.63) is 65.5 Å². The monoisotopic (exact) mass is 357 g/mol. The van der Waals surface area contributed by atoms with Gasteiger partial charge in [-0.3, -0.25) is 14.7 Å². The molecule has 0 saturated carbocycles. The number of aromatic nitrogens is 1. The smallest absolute Gasteiger partial charge is 0.254 e. The molecule has 2 bridgehead atoms. The Hall–Kier alpha value is -2.64. The molecule has 0 aliphatic carbocycles. The lowest BCUT2D eigenvalue weighted by atomic mass is 9.75. The molecule has 6 rings (SSSR count). The number of fused-ring (bicyclic) bond motifs is 2. The summed E-state index contributed by atoms with van der Waals surface area (Å²) in [6.45, 7) is 3.08. The van der Waals surface area contributed by atoms with Gasteiger partial charge in [-0.1, -0.05) is 12.0 Å². The number of nitrogens with zero attached hydrogens (tertiary/aromatic N) is 3. The van der Waals surface area contributed by atoms with Gasteiger partial charge in [0.25, 0.3) is 5.91 Å². The lowest BCUT2D eigenvalue weighted by Crippen LogP contribution is -2.60. The van der Waals surface area contributed by atoms with Gasteiger partial charge in [0.1, 0.15) is 0 Å². The molecule has 4 aliphatic rings. The van der Waals surface area contributed by atoms with E-state index in [-0.39, 0.29) is 5.91 Å². The van der Waals surface area contributed by atoms with Crippen LogP contribution < -0.4 is 0 Å². The van der Waals surface area contributed by atoms with Crippen molar-refractivity contribution in [3.63, 3.8) is 0 Å². The number of carbonyl (C=O) groups excluding carboxylic acids is 1. The van der Waals surface area contributed by atoms with Crippen molar-refractivity contribution in [3.8, 4) is 12.3 Å². The van der Waals surface area contributed by atoms with Crippen LogP contribution in [0.4, 0.5) is 0 Å². The maximum absolute atomic E-state index is 13.4. The summed E-state index contributed by atoms with van der Waals surface area (Å²) in [5, 5.41) is 0. The molecule has 3 atom stereocenters. The van der Waals surface area contributed by atoms with Crippen molar-refractivity contribution in [2.75, 3.05) is 19.6 Å². The van der Waals surface area contributed by atoms with Gasteiger partial charge in [-0.25, -0.2) is 0 Å². The van der Waals surface area contributed by atoms with Gasteiger partial charge in [-0.15, -0.1) is 6.42 Å². The fraction of sp³-hybridized carbons (Fsp3) is 0.391. The third kappa shape index (κ3) is 2.65. The predicted molar refractivity (Wildman–Crippen MR) is 104 cm³/mol. The van der Waals surface area contributed by atoms with Gasteiger partial charge in [0, 0.05) is 42.0 Å². The minimum absolute atomic E-state index is 0.133. The molecule has 4 heteroatoms. The summed E-state index contributed by atoms with van der Waals surface area (Å²) in [5.41, 5.74) is 2.79. The average Bonchev–Trinajstić information content (AvgIpc) is 3.18. The normalized spacial score (nSPS) is 31.4. The maximum atomic E-state index is 13.4. The van der Waals surface area contributed by atoms with Crippen LogP contribution in [0.25, 0.3) is 0 Å². The van der Waals surface area contributed by atoms with Crippen molar-refractivity contribution in [1.29, 1.82) is 0 Å². The highest BCUT2D eigenvalue weighted by molar-refractivity contribution is 5.95. The molecule has 1 amide bonds. The molecule has 27 heavy (non-hydrogen) atoms. The zero-order valence-electron chi connectivity index (χ0n) is 15.3. The standard InChI is InChI=1S/C23H23N3O/c1-2-16-5-7-18(8-6-16)23(27)26-15-20(19-4-3-11-24-14-19)22-21(26)17-9-12-25(22)13-10-17/h1,3-8,11,14,17,20-22H,9-10,12-13,15H2. The van der Waals surface area contributed by atoms with Crippen LogP contribution in [0.2, 0.25) is 0 Å². The predicted octanol–water partition coefficient (Wildman–Crippen LogP) is 2.77. The maximum Gasteiger partial charge on any atom is 0.254 e. The van der Waals surface area contributed by atoms with E-state index in [1.54, 1.807) is 0 Å². The molecule has 1 aromatic heterocycles. The molecule has 3 unspecified atom stereocenters. The van der Waals surface area contributed by atoms with Crippen LogP contribution in [-0.2, 0) is 0 Å². The van der Waals surface area contributed by atoms with E-state index < -0.39 is 0 Å². The second kappa shape index (κ2) is 6.51. The first kappa shape index (κ1) is 16.5. The highest BCUT2D eigenvalue weighted by atomic mass is 16.2. The summed E-state index contributed by atoms with van der Waals surface area (Å²) in [7, 11) is 0. The minimum Gasteiger partial charge on any atom is -0.333 e. The molecule has 0 N–H and O–H groups in total. The summed E-state index contributed by atoms with van der Waals surface area (Å²) in [6, 6.07) is 12.3. The van der Waals surface area contributed by atoms with E-state index in [4.69, 9.17) is 6.42 Å². The molecular formula is C23H23N3O. The van der Waals surface area contributed by atoms with Crippen LogP contribution >= 0.6 is 0 Å². The molecule has 4 aliphatic heterocycles. The number of amides is 1. The van der Waals surface area contributed by atoms with Crippen molar-refractivity contribution in [1.82, 2.24) is 14.8 Å². The van der Waals surface area contributed by atoms with Crippen LogP contribution in [0.5, 0.6) is 0 Å². The highest BCUT2D eigenvalue weighted by Gasteiger charge is 2.54.